The molecule has 144 valence electrons. The summed E-state index contributed by atoms with van der Waals surface area (Å²) in [5.74, 6) is 1.93. The molecule has 1 fully saturated rings. The maximum atomic E-state index is 12.3. The van der Waals surface area contributed by atoms with Gasteiger partial charge in [-0.05, 0) is 49.1 Å². The van der Waals surface area contributed by atoms with Crippen molar-refractivity contribution in [3.8, 4) is 5.75 Å². The van der Waals surface area contributed by atoms with Gasteiger partial charge in [-0.3, -0.25) is 4.79 Å². The van der Waals surface area contributed by atoms with Crippen LogP contribution < -0.4 is 15.0 Å². The molecule has 1 aliphatic rings. The molecule has 2 N–H and O–H groups in total. The van der Waals surface area contributed by atoms with Gasteiger partial charge in [-0.2, -0.15) is 0 Å². The zero-order chi connectivity index (χ0) is 19.1. The minimum absolute atomic E-state index is 0.0987. The van der Waals surface area contributed by atoms with Crippen LogP contribution in [-0.2, 0) is 6.42 Å². The fourth-order valence-corrected chi connectivity index (χ4v) is 3.29. The largest absolute Gasteiger partial charge is 0.497 e. The van der Waals surface area contributed by atoms with E-state index in [1.165, 1.54) is 5.56 Å². The van der Waals surface area contributed by atoms with E-state index in [0.717, 1.165) is 43.9 Å². The highest BCUT2D eigenvalue weighted by atomic mass is 16.5. The number of nitrogens with zero attached hydrogens (tertiary/aromatic N) is 2. The Morgan fingerprint density at radius 1 is 1.30 bits per heavy atom. The average molecular weight is 369 g/mol. The Kier molecular flexibility index (Phi) is 6.65. The first-order chi connectivity index (χ1) is 13.2. The quantitative estimate of drug-likeness (QED) is 0.698. The van der Waals surface area contributed by atoms with Gasteiger partial charge in [-0.25, -0.2) is 4.98 Å². The van der Waals surface area contributed by atoms with Crippen molar-refractivity contribution in [1.29, 1.82) is 0 Å². The number of anilines is 1. The molecule has 0 spiro atoms. The molecule has 1 amide bonds. The summed E-state index contributed by atoms with van der Waals surface area (Å²) in [7, 11) is 1.66. The summed E-state index contributed by atoms with van der Waals surface area (Å²) in [6.07, 6.45) is 4.39. The summed E-state index contributed by atoms with van der Waals surface area (Å²) in [5, 5.41) is 12.2. The lowest BCUT2D eigenvalue weighted by atomic mass is 10.1. The number of pyridine rings is 1. The Balaban J connectivity index is 1.42. The fourth-order valence-electron chi connectivity index (χ4n) is 3.29. The van der Waals surface area contributed by atoms with Gasteiger partial charge in [-0.15, -0.1) is 0 Å². The van der Waals surface area contributed by atoms with Crippen LogP contribution in [-0.4, -0.2) is 49.3 Å². The Morgan fingerprint density at radius 2 is 2.11 bits per heavy atom. The highest BCUT2D eigenvalue weighted by molar-refractivity contribution is 5.94. The van der Waals surface area contributed by atoms with Gasteiger partial charge < -0.3 is 20.1 Å². The Morgan fingerprint density at radius 3 is 2.74 bits per heavy atom. The molecule has 1 aromatic heterocycles. The molecule has 3 rings (SSSR count). The third-order valence-corrected chi connectivity index (χ3v) is 4.96. The number of aliphatic hydroxyl groups is 1. The SMILES string of the molecule is COc1ccc(CCCNC(=O)c2ccc(N3CC[C@H](CO)C3)nc2)cc1. The molecule has 1 atom stereocenters. The van der Waals surface area contributed by atoms with E-state index in [4.69, 9.17) is 4.74 Å². The van der Waals surface area contributed by atoms with Crippen LogP contribution in [0.1, 0.15) is 28.8 Å². The zero-order valence-corrected chi connectivity index (χ0v) is 15.7. The van der Waals surface area contributed by atoms with E-state index in [0.29, 0.717) is 18.0 Å². The number of carbonyl (C=O) groups excluding carboxylic acids is 1. The van der Waals surface area contributed by atoms with Crippen molar-refractivity contribution < 1.29 is 14.6 Å². The second-order valence-electron chi connectivity index (χ2n) is 6.90. The molecule has 0 bridgehead atoms. The normalized spacial score (nSPS) is 16.4. The molecule has 1 aliphatic heterocycles. The molecule has 6 nitrogen and oxygen atoms in total. The van der Waals surface area contributed by atoms with Gasteiger partial charge in [0, 0.05) is 38.4 Å². The zero-order valence-electron chi connectivity index (χ0n) is 15.7. The monoisotopic (exact) mass is 369 g/mol. The van der Waals surface area contributed by atoms with Crippen LogP contribution in [0.5, 0.6) is 5.75 Å². The smallest absolute Gasteiger partial charge is 0.252 e. The van der Waals surface area contributed by atoms with E-state index < -0.39 is 0 Å². The van der Waals surface area contributed by atoms with E-state index in [1.807, 2.05) is 36.4 Å². The van der Waals surface area contributed by atoms with E-state index in [1.54, 1.807) is 13.3 Å². The number of aliphatic hydroxyl groups excluding tert-OH is 1. The molecular formula is C21H27N3O3. The van der Waals surface area contributed by atoms with Crippen LogP contribution in [0.25, 0.3) is 0 Å². The number of benzene rings is 1. The first-order valence-corrected chi connectivity index (χ1v) is 9.42. The first kappa shape index (κ1) is 19.2. The number of ether oxygens (including phenoxy) is 1. The van der Waals surface area contributed by atoms with Crippen LogP contribution in [0, 0.1) is 5.92 Å². The first-order valence-electron chi connectivity index (χ1n) is 9.42. The van der Waals surface area contributed by atoms with Crippen molar-refractivity contribution in [3.05, 3.63) is 53.7 Å². The molecule has 6 heteroatoms. The van der Waals surface area contributed by atoms with E-state index in [9.17, 15) is 9.90 Å². The number of amides is 1. The Bertz CT molecular complexity index is 731. The fraction of sp³-hybridized carbons (Fsp3) is 0.429. The van der Waals surface area contributed by atoms with Gasteiger partial charge in [-0.1, -0.05) is 12.1 Å². The molecule has 1 saturated heterocycles. The molecule has 2 aromatic rings. The third kappa shape index (κ3) is 5.20. The molecule has 0 radical (unpaired) electrons. The van der Waals surface area contributed by atoms with Gasteiger partial charge in [0.05, 0.1) is 12.7 Å². The van der Waals surface area contributed by atoms with Crippen molar-refractivity contribution in [1.82, 2.24) is 10.3 Å². The summed E-state index contributed by atoms with van der Waals surface area (Å²) >= 11 is 0. The van der Waals surface area contributed by atoms with E-state index >= 15 is 0 Å². The lowest BCUT2D eigenvalue weighted by Gasteiger charge is -2.17. The average Bonchev–Trinajstić information content (AvgIpc) is 3.21. The molecule has 1 aromatic carbocycles. The predicted octanol–water partition coefficient (Wildman–Crippen LogP) is 2.27. The van der Waals surface area contributed by atoms with Crippen molar-refractivity contribution in [2.24, 2.45) is 5.92 Å². The number of methoxy groups -OCH3 is 1. The van der Waals surface area contributed by atoms with Gasteiger partial charge in [0.2, 0.25) is 0 Å². The van der Waals surface area contributed by atoms with E-state index in [2.05, 4.69) is 15.2 Å². The lowest BCUT2D eigenvalue weighted by molar-refractivity contribution is 0.0953. The minimum Gasteiger partial charge on any atom is -0.497 e. The summed E-state index contributed by atoms with van der Waals surface area (Å²) in [4.78, 5) is 18.8. The van der Waals surface area contributed by atoms with Crippen molar-refractivity contribution >= 4 is 11.7 Å². The van der Waals surface area contributed by atoms with Gasteiger partial charge in [0.15, 0.2) is 0 Å². The Hall–Kier alpha value is -2.60. The topological polar surface area (TPSA) is 74.7 Å². The second-order valence-corrected chi connectivity index (χ2v) is 6.90. The van der Waals surface area contributed by atoms with Crippen LogP contribution >= 0.6 is 0 Å². The number of carbonyl (C=O) groups is 1. The molecule has 27 heavy (non-hydrogen) atoms. The number of aromatic nitrogens is 1. The number of nitrogens with one attached hydrogen (secondary N) is 1. The third-order valence-electron chi connectivity index (χ3n) is 4.96. The number of hydrogen-bond donors (Lipinski definition) is 2. The van der Waals surface area contributed by atoms with Crippen molar-refractivity contribution in [2.45, 2.75) is 19.3 Å². The highest BCUT2D eigenvalue weighted by Crippen LogP contribution is 2.21. The number of hydrogen-bond acceptors (Lipinski definition) is 5. The summed E-state index contributed by atoms with van der Waals surface area (Å²) in [6.45, 7) is 2.56. The van der Waals surface area contributed by atoms with Gasteiger partial charge in [0.1, 0.15) is 11.6 Å². The number of aryl methyl sites for hydroxylation is 1. The molecule has 0 saturated carbocycles. The maximum absolute atomic E-state index is 12.3. The molecular weight excluding hydrogens is 342 g/mol. The molecule has 2 heterocycles. The lowest BCUT2D eigenvalue weighted by Crippen LogP contribution is -2.25. The van der Waals surface area contributed by atoms with Gasteiger partial charge >= 0.3 is 0 Å². The van der Waals surface area contributed by atoms with Gasteiger partial charge in [0.25, 0.3) is 5.91 Å². The molecule has 0 unspecified atom stereocenters. The molecule has 0 aliphatic carbocycles. The van der Waals surface area contributed by atoms with Crippen LogP contribution in [0.3, 0.4) is 0 Å². The van der Waals surface area contributed by atoms with Crippen LogP contribution in [0.4, 0.5) is 5.82 Å². The summed E-state index contributed by atoms with van der Waals surface area (Å²) in [5.41, 5.74) is 1.80. The second kappa shape index (κ2) is 9.37. The van der Waals surface area contributed by atoms with Crippen LogP contribution in [0.2, 0.25) is 0 Å². The maximum Gasteiger partial charge on any atom is 0.252 e. The predicted molar refractivity (Wildman–Crippen MR) is 105 cm³/mol. The number of rotatable bonds is 8. The standard InChI is InChI=1S/C21H27N3O3/c1-27-19-7-4-16(5-8-19)3-2-11-22-21(26)18-6-9-20(23-13-18)24-12-10-17(14-24)15-25/h4-9,13,17,25H,2-3,10-12,14-15H2,1H3,(H,22,26)/t17-/m0/s1. The van der Waals surface area contributed by atoms with E-state index in [-0.39, 0.29) is 12.5 Å². The minimum atomic E-state index is -0.0987. The highest BCUT2D eigenvalue weighted by Gasteiger charge is 2.22. The summed E-state index contributed by atoms with van der Waals surface area (Å²) in [6, 6.07) is 11.7. The Labute approximate surface area is 160 Å². The van der Waals surface area contributed by atoms with Crippen molar-refractivity contribution in [2.75, 3.05) is 38.3 Å². The summed E-state index contributed by atoms with van der Waals surface area (Å²) < 4.78 is 5.15. The van der Waals surface area contributed by atoms with Crippen LogP contribution in [0.15, 0.2) is 42.6 Å². The van der Waals surface area contributed by atoms with Crippen molar-refractivity contribution in [3.63, 3.8) is 0 Å².